The number of aryl methyl sites for hydroxylation is 2. The molecule has 0 saturated heterocycles. The molecule has 0 atom stereocenters. The number of hydrogen-bond donors (Lipinski definition) is 0. The number of fused-ring (bicyclic) bond motifs is 1. The minimum Gasteiger partial charge on any atom is -0.488 e. The minimum atomic E-state index is -0.197. The molecular formula is C23H29NO. The van der Waals surface area contributed by atoms with Gasteiger partial charge in [-0.1, -0.05) is 31.2 Å². The van der Waals surface area contributed by atoms with E-state index in [2.05, 4.69) is 88.6 Å². The Hall–Kier alpha value is -2.22. The molecule has 132 valence electrons. The van der Waals surface area contributed by atoms with E-state index < -0.39 is 0 Å². The third-order valence-electron chi connectivity index (χ3n) is 4.58. The van der Waals surface area contributed by atoms with Gasteiger partial charge < -0.3 is 9.30 Å². The van der Waals surface area contributed by atoms with Crippen LogP contribution in [0.5, 0.6) is 5.75 Å². The molecule has 0 aliphatic heterocycles. The Morgan fingerprint density at radius 3 is 2.36 bits per heavy atom. The van der Waals surface area contributed by atoms with Crippen molar-refractivity contribution < 1.29 is 4.74 Å². The fourth-order valence-corrected chi connectivity index (χ4v) is 3.58. The second kappa shape index (κ2) is 6.59. The van der Waals surface area contributed by atoms with Crippen LogP contribution < -0.4 is 4.74 Å². The highest BCUT2D eigenvalue weighted by Gasteiger charge is 2.19. The first-order valence-corrected chi connectivity index (χ1v) is 9.19. The molecule has 1 heterocycles. The summed E-state index contributed by atoms with van der Waals surface area (Å²) >= 11 is 0. The summed E-state index contributed by atoms with van der Waals surface area (Å²) in [5.74, 6) is 0.934. The molecule has 2 nitrogen and oxygen atoms in total. The van der Waals surface area contributed by atoms with Gasteiger partial charge in [0.25, 0.3) is 0 Å². The number of benzene rings is 2. The predicted molar refractivity (Wildman–Crippen MR) is 108 cm³/mol. The maximum absolute atomic E-state index is 6.13. The Labute approximate surface area is 151 Å². The summed E-state index contributed by atoms with van der Waals surface area (Å²) in [7, 11) is 0. The Bertz CT molecular complexity index is 896. The van der Waals surface area contributed by atoms with Crippen LogP contribution in [0.3, 0.4) is 0 Å². The third kappa shape index (κ3) is 3.44. The first kappa shape index (κ1) is 17.6. The molecule has 0 fully saturated rings. The number of ether oxygens (including phenoxy) is 1. The lowest BCUT2D eigenvalue weighted by molar-refractivity contribution is 0.131. The van der Waals surface area contributed by atoms with Crippen LogP contribution in [0.1, 0.15) is 45.4 Å². The SMILES string of the molecule is CCCn1c(C)c(-c2ccccc2C)c2cc(OC(C)(C)C)ccc21. The van der Waals surface area contributed by atoms with Crippen LogP contribution in [0.2, 0.25) is 0 Å². The summed E-state index contributed by atoms with van der Waals surface area (Å²) < 4.78 is 8.57. The van der Waals surface area contributed by atoms with E-state index in [1.807, 2.05) is 0 Å². The van der Waals surface area contributed by atoms with Crippen molar-refractivity contribution in [3.05, 3.63) is 53.7 Å². The van der Waals surface area contributed by atoms with Gasteiger partial charge in [-0.15, -0.1) is 0 Å². The fourth-order valence-electron chi connectivity index (χ4n) is 3.58. The number of rotatable bonds is 4. The molecule has 0 spiro atoms. The molecule has 2 aromatic carbocycles. The van der Waals surface area contributed by atoms with Crippen LogP contribution in [0.15, 0.2) is 42.5 Å². The highest BCUT2D eigenvalue weighted by atomic mass is 16.5. The number of hydrogen-bond acceptors (Lipinski definition) is 1. The summed E-state index contributed by atoms with van der Waals surface area (Å²) in [6.07, 6.45) is 1.12. The zero-order chi connectivity index (χ0) is 18.2. The zero-order valence-corrected chi connectivity index (χ0v) is 16.3. The molecule has 0 aliphatic carbocycles. The van der Waals surface area contributed by atoms with Crippen molar-refractivity contribution in [3.63, 3.8) is 0 Å². The molecule has 3 rings (SSSR count). The summed E-state index contributed by atoms with van der Waals surface area (Å²) in [5.41, 5.74) is 6.38. The zero-order valence-electron chi connectivity index (χ0n) is 16.3. The van der Waals surface area contributed by atoms with E-state index in [1.165, 1.54) is 33.3 Å². The van der Waals surface area contributed by atoms with Gasteiger partial charge in [-0.2, -0.15) is 0 Å². The van der Waals surface area contributed by atoms with E-state index in [0.717, 1.165) is 18.7 Å². The predicted octanol–water partition coefficient (Wildman–Crippen LogP) is 6.51. The van der Waals surface area contributed by atoms with Gasteiger partial charge in [-0.3, -0.25) is 0 Å². The normalized spacial score (nSPS) is 11.9. The monoisotopic (exact) mass is 335 g/mol. The quantitative estimate of drug-likeness (QED) is 0.530. The lowest BCUT2D eigenvalue weighted by Crippen LogP contribution is -2.22. The smallest absolute Gasteiger partial charge is 0.120 e. The van der Waals surface area contributed by atoms with E-state index >= 15 is 0 Å². The molecule has 1 aromatic heterocycles. The van der Waals surface area contributed by atoms with Crippen LogP contribution in [-0.2, 0) is 6.54 Å². The minimum absolute atomic E-state index is 0.197. The molecule has 0 aliphatic rings. The Morgan fingerprint density at radius 1 is 1.00 bits per heavy atom. The summed E-state index contributed by atoms with van der Waals surface area (Å²) in [6, 6.07) is 15.2. The van der Waals surface area contributed by atoms with Gasteiger partial charge in [0, 0.05) is 28.7 Å². The first-order valence-electron chi connectivity index (χ1n) is 9.19. The van der Waals surface area contributed by atoms with Gasteiger partial charge in [-0.05, 0) is 70.4 Å². The van der Waals surface area contributed by atoms with E-state index in [0.29, 0.717) is 0 Å². The lowest BCUT2D eigenvalue weighted by atomic mass is 9.98. The number of nitrogens with zero attached hydrogens (tertiary/aromatic N) is 1. The summed E-state index contributed by atoms with van der Waals surface area (Å²) in [4.78, 5) is 0. The maximum atomic E-state index is 6.13. The van der Waals surface area contributed by atoms with Crippen LogP contribution in [0.25, 0.3) is 22.0 Å². The van der Waals surface area contributed by atoms with Gasteiger partial charge in [0.15, 0.2) is 0 Å². The Morgan fingerprint density at radius 2 is 1.72 bits per heavy atom. The molecule has 3 aromatic rings. The van der Waals surface area contributed by atoms with E-state index in [4.69, 9.17) is 4.74 Å². The van der Waals surface area contributed by atoms with E-state index in [9.17, 15) is 0 Å². The van der Waals surface area contributed by atoms with Crippen LogP contribution >= 0.6 is 0 Å². The van der Waals surface area contributed by atoms with Crippen molar-refractivity contribution in [2.75, 3.05) is 0 Å². The molecular weight excluding hydrogens is 306 g/mol. The van der Waals surface area contributed by atoms with Crippen LogP contribution in [0, 0.1) is 13.8 Å². The summed E-state index contributed by atoms with van der Waals surface area (Å²) in [5, 5.41) is 1.28. The fraction of sp³-hybridized carbons (Fsp3) is 0.391. The molecule has 0 bridgehead atoms. The van der Waals surface area contributed by atoms with Crippen molar-refractivity contribution in [2.45, 2.75) is 60.1 Å². The molecule has 0 unspecified atom stereocenters. The van der Waals surface area contributed by atoms with Gasteiger partial charge in [0.05, 0.1) is 0 Å². The van der Waals surface area contributed by atoms with Crippen molar-refractivity contribution in [1.82, 2.24) is 4.57 Å². The van der Waals surface area contributed by atoms with Crippen molar-refractivity contribution in [3.8, 4) is 16.9 Å². The van der Waals surface area contributed by atoms with Crippen molar-refractivity contribution in [1.29, 1.82) is 0 Å². The first-order chi connectivity index (χ1) is 11.8. The van der Waals surface area contributed by atoms with E-state index in [-0.39, 0.29) is 5.60 Å². The lowest BCUT2D eigenvalue weighted by Gasteiger charge is -2.21. The van der Waals surface area contributed by atoms with Crippen LogP contribution in [0.4, 0.5) is 0 Å². The third-order valence-corrected chi connectivity index (χ3v) is 4.58. The molecule has 0 saturated carbocycles. The molecule has 0 radical (unpaired) electrons. The van der Waals surface area contributed by atoms with Gasteiger partial charge in [0.1, 0.15) is 11.4 Å². The number of aromatic nitrogens is 1. The highest BCUT2D eigenvalue weighted by molar-refractivity contribution is 5.99. The topological polar surface area (TPSA) is 14.2 Å². The van der Waals surface area contributed by atoms with Gasteiger partial charge in [0.2, 0.25) is 0 Å². The maximum Gasteiger partial charge on any atom is 0.120 e. The second-order valence-electron chi connectivity index (χ2n) is 7.82. The molecule has 25 heavy (non-hydrogen) atoms. The van der Waals surface area contributed by atoms with Crippen molar-refractivity contribution in [2.24, 2.45) is 0 Å². The van der Waals surface area contributed by atoms with Gasteiger partial charge >= 0.3 is 0 Å². The van der Waals surface area contributed by atoms with Gasteiger partial charge in [-0.25, -0.2) is 0 Å². The molecule has 0 N–H and O–H groups in total. The van der Waals surface area contributed by atoms with Crippen molar-refractivity contribution >= 4 is 10.9 Å². The highest BCUT2D eigenvalue weighted by Crippen LogP contribution is 2.38. The Kier molecular flexibility index (Phi) is 4.64. The average molecular weight is 335 g/mol. The standard InChI is InChI=1S/C23H29NO/c1-7-14-24-17(3)22(19-11-9-8-10-16(19)2)20-15-18(12-13-21(20)24)25-23(4,5)6/h8-13,15H,7,14H2,1-6H3. The van der Waals surface area contributed by atoms with E-state index in [1.54, 1.807) is 0 Å². The second-order valence-corrected chi connectivity index (χ2v) is 7.82. The average Bonchev–Trinajstić information content (AvgIpc) is 2.79. The Balaban J connectivity index is 2.28. The summed E-state index contributed by atoms with van der Waals surface area (Å²) in [6.45, 7) is 14.0. The largest absolute Gasteiger partial charge is 0.488 e. The van der Waals surface area contributed by atoms with Crippen LogP contribution in [-0.4, -0.2) is 10.2 Å². The molecule has 2 heteroatoms. The molecule has 0 amide bonds.